The quantitative estimate of drug-likeness (QED) is 0.771. The number of carbonyl (C=O) groups excluding carboxylic acids is 2. The molecule has 0 saturated carbocycles. The van der Waals surface area contributed by atoms with E-state index < -0.39 is 11.8 Å². The molecule has 0 spiro atoms. The van der Waals surface area contributed by atoms with Gasteiger partial charge in [-0.3, -0.25) is 9.59 Å². The number of primary amides is 1. The Labute approximate surface area is 136 Å². The number of nitrogens with zero attached hydrogens (tertiary/aromatic N) is 1. The molecule has 3 aromatic rings. The number of rotatable bonds is 3. The third-order valence-corrected chi connectivity index (χ3v) is 3.56. The summed E-state index contributed by atoms with van der Waals surface area (Å²) in [7, 11) is 0. The van der Waals surface area contributed by atoms with Gasteiger partial charge in [-0.2, -0.15) is 0 Å². The van der Waals surface area contributed by atoms with Crippen LogP contribution in [0.5, 0.6) is 0 Å². The number of nitrogens with one attached hydrogen (secondary N) is 1. The van der Waals surface area contributed by atoms with Crippen LogP contribution in [0.1, 0.15) is 26.6 Å². The zero-order chi connectivity index (χ0) is 16.6. The summed E-state index contributed by atoms with van der Waals surface area (Å²) in [5.41, 5.74) is 7.70. The average Bonchev–Trinajstić information content (AvgIpc) is 2.92. The first kappa shape index (κ1) is 15.1. The fourth-order valence-corrected chi connectivity index (χ4v) is 2.33. The van der Waals surface area contributed by atoms with Crippen LogP contribution in [0, 0.1) is 6.92 Å². The molecule has 0 aliphatic carbocycles. The minimum Gasteiger partial charge on any atom is -0.449 e. The van der Waals surface area contributed by atoms with Crippen LogP contribution in [0.3, 0.4) is 0 Å². The summed E-state index contributed by atoms with van der Waals surface area (Å²) in [6.07, 6.45) is 0. The smallest absolute Gasteiger partial charge is 0.291 e. The molecule has 2 aromatic heterocycles. The molecule has 0 atom stereocenters. The second kappa shape index (κ2) is 5.73. The predicted octanol–water partition coefficient (Wildman–Crippen LogP) is 3.14. The van der Waals surface area contributed by atoms with Gasteiger partial charge in [0.1, 0.15) is 5.52 Å². The molecular weight excluding hydrogens is 318 g/mol. The molecule has 0 radical (unpaired) electrons. The molecule has 2 amide bonds. The molecule has 2 heterocycles. The Morgan fingerprint density at radius 1 is 1.22 bits per heavy atom. The van der Waals surface area contributed by atoms with Gasteiger partial charge >= 0.3 is 0 Å². The van der Waals surface area contributed by atoms with E-state index in [9.17, 15) is 9.59 Å². The minimum absolute atomic E-state index is 0.119. The molecule has 0 aliphatic rings. The second-order valence-corrected chi connectivity index (χ2v) is 5.37. The number of pyridine rings is 1. The predicted molar refractivity (Wildman–Crippen MR) is 86.7 cm³/mol. The highest BCUT2D eigenvalue weighted by atomic mass is 35.5. The third kappa shape index (κ3) is 3.02. The van der Waals surface area contributed by atoms with E-state index in [1.54, 1.807) is 24.3 Å². The van der Waals surface area contributed by atoms with Crippen molar-refractivity contribution in [3.8, 4) is 0 Å². The average molecular weight is 330 g/mol. The second-order valence-electron chi connectivity index (χ2n) is 4.96. The SMILES string of the molecule is Cc1ccc2oc(C(=O)Nc3ccc(Cl)c(C(N)=O)c3)cc2n1. The van der Waals surface area contributed by atoms with Gasteiger partial charge in [0.05, 0.1) is 10.6 Å². The normalized spacial score (nSPS) is 10.7. The van der Waals surface area contributed by atoms with Crippen LogP contribution in [0.4, 0.5) is 5.69 Å². The van der Waals surface area contributed by atoms with Gasteiger partial charge in [-0.15, -0.1) is 0 Å². The number of halogens is 1. The molecular formula is C16H12ClN3O3. The van der Waals surface area contributed by atoms with Crippen LogP contribution in [-0.2, 0) is 0 Å². The van der Waals surface area contributed by atoms with E-state index in [-0.39, 0.29) is 16.3 Å². The summed E-state index contributed by atoms with van der Waals surface area (Å²) in [5.74, 6) is -1.01. The maximum atomic E-state index is 12.3. The van der Waals surface area contributed by atoms with Gasteiger partial charge < -0.3 is 15.5 Å². The lowest BCUT2D eigenvalue weighted by Gasteiger charge is -2.06. The number of anilines is 1. The van der Waals surface area contributed by atoms with Gasteiger partial charge in [-0.05, 0) is 37.3 Å². The van der Waals surface area contributed by atoms with Gasteiger partial charge in [0.25, 0.3) is 5.91 Å². The number of carbonyl (C=O) groups is 2. The number of aromatic nitrogens is 1. The van der Waals surface area contributed by atoms with Crippen molar-refractivity contribution >= 4 is 40.2 Å². The van der Waals surface area contributed by atoms with Crippen molar-refractivity contribution in [3.63, 3.8) is 0 Å². The van der Waals surface area contributed by atoms with Gasteiger partial charge in [0.15, 0.2) is 11.3 Å². The van der Waals surface area contributed by atoms with Gasteiger partial charge in [0, 0.05) is 17.4 Å². The summed E-state index contributed by atoms with van der Waals surface area (Å²) >= 11 is 5.87. The minimum atomic E-state index is -0.672. The van der Waals surface area contributed by atoms with E-state index in [1.807, 2.05) is 6.92 Å². The summed E-state index contributed by atoms with van der Waals surface area (Å²) in [6.45, 7) is 1.85. The summed E-state index contributed by atoms with van der Waals surface area (Å²) in [4.78, 5) is 27.8. The molecule has 7 heteroatoms. The number of nitrogens with two attached hydrogens (primary N) is 1. The first-order valence-corrected chi connectivity index (χ1v) is 7.10. The number of hydrogen-bond donors (Lipinski definition) is 2. The molecule has 116 valence electrons. The van der Waals surface area contributed by atoms with E-state index in [4.69, 9.17) is 21.8 Å². The maximum Gasteiger partial charge on any atom is 0.291 e. The van der Waals surface area contributed by atoms with Crippen LogP contribution in [0.2, 0.25) is 5.02 Å². The highest BCUT2D eigenvalue weighted by Gasteiger charge is 2.15. The Morgan fingerprint density at radius 3 is 2.74 bits per heavy atom. The Bertz CT molecular complexity index is 933. The third-order valence-electron chi connectivity index (χ3n) is 3.23. The van der Waals surface area contributed by atoms with E-state index in [2.05, 4.69) is 10.3 Å². The van der Waals surface area contributed by atoms with E-state index in [1.165, 1.54) is 12.1 Å². The van der Waals surface area contributed by atoms with Gasteiger partial charge in [-0.1, -0.05) is 11.6 Å². The first-order chi connectivity index (χ1) is 10.9. The molecule has 0 unspecified atom stereocenters. The lowest BCUT2D eigenvalue weighted by Crippen LogP contribution is -2.14. The fraction of sp³-hybridized carbons (Fsp3) is 0.0625. The molecule has 0 bridgehead atoms. The Morgan fingerprint density at radius 2 is 2.00 bits per heavy atom. The summed E-state index contributed by atoms with van der Waals surface area (Å²) in [5, 5.41) is 2.85. The largest absolute Gasteiger partial charge is 0.449 e. The van der Waals surface area contributed by atoms with Crippen molar-refractivity contribution in [2.24, 2.45) is 5.73 Å². The molecule has 6 nitrogen and oxygen atoms in total. The molecule has 3 rings (SSSR count). The van der Waals surface area contributed by atoms with Crippen LogP contribution >= 0.6 is 11.6 Å². The zero-order valence-corrected chi connectivity index (χ0v) is 12.8. The fourth-order valence-electron chi connectivity index (χ4n) is 2.12. The highest BCUT2D eigenvalue weighted by Crippen LogP contribution is 2.22. The van der Waals surface area contributed by atoms with E-state index in [0.29, 0.717) is 16.8 Å². The van der Waals surface area contributed by atoms with Crippen molar-refractivity contribution in [3.05, 3.63) is 58.4 Å². The summed E-state index contributed by atoms with van der Waals surface area (Å²) < 4.78 is 5.47. The number of furan rings is 1. The first-order valence-electron chi connectivity index (χ1n) is 6.72. The van der Waals surface area contributed by atoms with Crippen molar-refractivity contribution in [2.75, 3.05) is 5.32 Å². The zero-order valence-electron chi connectivity index (χ0n) is 12.1. The van der Waals surface area contributed by atoms with Crippen molar-refractivity contribution in [2.45, 2.75) is 6.92 Å². The summed E-state index contributed by atoms with van der Waals surface area (Å²) in [6, 6.07) is 9.57. The Balaban J connectivity index is 1.88. The van der Waals surface area contributed by atoms with Crippen LogP contribution in [0.15, 0.2) is 40.8 Å². The number of aryl methyl sites for hydroxylation is 1. The van der Waals surface area contributed by atoms with Crippen molar-refractivity contribution < 1.29 is 14.0 Å². The molecule has 0 saturated heterocycles. The molecule has 1 aromatic carbocycles. The number of hydrogen-bond acceptors (Lipinski definition) is 4. The number of amides is 2. The molecule has 0 fully saturated rings. The van der Waals surface area contributed by atoms with Crippen LogP contribution in [0.25, 0.3) is 11.1 Å². The molecule has 23 heavy (non-hydrogen) atoms. The highest BCUT2D eigenvalue weighted by molar-refractivity contribution is 6.34. The standard InChI is InChI=1S/C16H12ClN3O3/c1-8-2-5-13-12(19-8)7-14(23-13)16(22)20-9-3-4-11(17)10(6-9)15(18)21/h2-7H,1H3,(H2,18,21)(H,20,22). The van der Waals surface area contributed by atoms with E-state index >= 15 is 0 Å². The lowest BCUT2D eigenvalue weighted by molar-refractivity contribution is 0.0989. The van der Waals surface area contributed by atoms with Crippen molar-refractivity contribution in [1.82, 2.24) is 4.98 Å². The van der Waals surface area contributed by atoms with Gasteiger partial charge in [0.2, 0.25) is 5.91 Å². The number of fused-ring (bicyclic) bond motifs is 1. The van der Waals surface area contributed by atoms with Gasteiger partial charge in [-0.25, -0.2) is 4.98 Å². The lowest BCUT2D eigenvalue weighted by atomic mass is 10.2. The Kier molecular flexibility index (Phi) is 3.75. The Hall–Kier alpha value is -2.86. The van der Waals surface area contributed by atoms with Crippen molar-refractivity contribution in [1.29, 1.82) is 0 Å². The maximum absolute atomic E-state index is 12.3. The number of benzene rings is 1. The molecule has 3 N–H and O–H groups in total. The van der Waals surface area contributed by atoms with Crippen LogP contribution < -0.4 is 11.1 Å². The topological polar surface area (TPSA) is 98.2 Å². The van der Waals surface area contributed by atoms with Crippen LogP contribution in [-0.4, -0.2) is 16.8 Å². The molecule has 0 aliphatic heterocycles. The van der Waals surface area contributed by atoms with E-state index in [0.717, 1.165) is 5.69 Å². The monoisotopic (exact) mass is 329 g/mol.